The van der Waals surface area contributed by atoms with Crippen molar-refractivity contribution in [3.63, 3.8) is 0 Å². The molecule has 6 heteroatoms. The molecule has 0 unspecified atom stereocenters. The van der Waals surface area contributed by atoms with Crippen LogP contribution in [0.4, 0.5) is 5.82 Å². The minimum atomic E-state index is -0.232. The summed E-state index contributed by atoms with van der Waals surface area (Å²) >= 11 is 0. The molecular weight excluding hydrogens is 304 g/mol. The average molecular weight is 324 g/mol. The van der Waals surface area contributed by atoms with Gasteiger partial charge in [0, 0.05) is 31.3 Å². The van der Waals surface area contributed by atoms with Crippen LogP contribution >= 0.6 is 0 Å². The Morgan fingerprint density at radius 2 is 2.00 bits per heavy atom. The molecule has 0 bridgehead atoms. The molecule has 1 aromatic carbocycles. The summed E-state index contributed by atoms with van der Waals surface area (Å²) in [6.07, 6.45) is 1.64. The fourth-order valence-corrected chi connectivity index (χ4v) is 2.48. The highest BCUT2D eigenvalue weighted by molar-refractivity contribution is 5.93. The molecule has 24 heavy (non-hydrogen) atoms. The molecule has 1 aromatic heterocycles. The van der Waals surface area contributed by atoms with E-state index >= 15 is 0 Å². The van der Waals surface area contributed by atoms with Crippen LogP contribution in [0.2, 0.25) is 0 Å². The van der Waals surface area contributed by atoms with E-state index in [9.17, 15) is 4.79 Å². The maximum atomic E-state index is 12.3. The maximum Gasteiger partial charge on any atom is 0.270 e. The van der Waals surface area contributed by atoms with Gasteiger partial charge < -0.3 is 15.0 Å². The van der Waals surface area contributed by atoms with Gasteiger partial charge in [-0.3, -0.25) is 4.79 Å². The van der Waals surface area contributed by atoms with Crippen LogP contribution in [0.5, 0.6) is 0 Å². The van der Waals surface area contributed by atoms with Gasteiger partial charge in [-0.15, -0.1) is 6.58 Å². The van der Waals surface area contributed by atoms with Crippen molar-refractivity contribution in [1.29, 1.82) is 0 Å². The molecule has 1 saturated heterocycles. The standard InChI is InChI=1S/C18H20N4O2/c1-2-8-19-18(23)15-13-16(22-9-11-24-12-10-22)21-17(20-15)14-6-4-3-5-7-14/h2-7,13H,1,8-12H2,(H,19,23). The van der Waals surface area contributed by atoms with Crippen LogP contribution in [0.1, 0.15) is 10.5 Å². The highest BCUT2D eigenvalue weighted by atomic mass is 16.5. The van der Waals surface area contributed by atoms with E-state index in [0.29, 0.717) is 31.3 Å². The monoisotopic (exact) mass is 324 g/mol. The first-order chi connectivity index (χ1) is 11.8. The Bertz CT molecular complexity index is 712. The van der Waals surface area contributed by atoms with Crippen LogP contribution in [0, 0.1) is 0 Å². The van der Waals surface area contributed by atoms with E-state index < -0.39 is 0 Å². The molecule has 1 aliphatic heterocycles. The van der Waals surface area contributed by atoms with E-state index in [1.807, 2.05) is 30.3 Å². The van der Waals surface area contributed by atoms with Gasteiger partial charge >= 0.3 is 0 Å². The number of ether oxygens (including phenoxy) is 1. The normalized spacial score (nSPS) is 14.2. The maximum absolute atomic E-state index is 12.3. The smallest absolute Gasteiger partial charge is 0.270 e. The van der Waals surface area contributed by atoms with E-state index in [0.717, 1.165) is 24.5 Å². The van der Waals surface area contributed by atoms with Gasteiger partial charge in [-0.25, -0.2) is 9.97 Å². The summed E-state index contributed by atoms with van der Waals surface area (Å²) in [5.74, 6) is 1.06. The molecular formula is C18H20N4O2. The lowest BCUT2D eigenvalue weighted by molar-refractivity contribution is 0.0953. The predicted molar refractivity (Wildman–Crippen MR) is 93.0 cm³/mol. The number of benzene rings is 1. The third-order valence-corrected chi connectivity index (χ3v) is 3.72. The lowest BCUT2D eigenvalue weighted by Gasteiger charge is -2.28. The van der Waals surface area contributed by atoms with Gasteiger partial charge in [-0.05, 0) is 0 Å². The Morgan fingerprint density at radius 1 is 1.25 bits per heavy atom. The van der Waals surface area contributed by atoms with Crippen molar-refractivity contribution in [1.82, 2.24) is 15.3 Å². The Kier molecular flexibility index (Phi) is 5.18. The van der Waals surface area contributed by atoms with Crippen molar-refractivity contribution < 1.29 is 9.53 Å². The average Bonchev–Trinajstić information content (AvgIpc) is 2.67. The molecule has 2 heterocycles. The number of carbonyl (C=O) groups is 1. The molecule has 0 aliphatic carbocycles. The number of hydrogen-bond donors (Lipinski definition) is 1. The van der Waals surface area contributed by atoms with Crippen LogP contribution in [0.25, 0.3) is 11.4 Å². The van der Waals surface area contributed by atoms with Crippen LogP contribution < -0.4 is 10.2 Å². The minimum Gasteiger partial charge on any atom is -0.378 e. The number of rotatable bonds is 5. The lowest BCUT2D eigenvalue weighted by Crippen LogP contribution is -2.37. The molecule has 6 nitrogen and oxygen atoms in total. The van der Waals surface area contributed by atoms with Gasteiger partial charge in [-0.1, -0.05) is 36.4 Å². The lowest BCUT2D eigenvalue weighted by atomic mass is 10.2. The number of carbonyl (C=O) groups excluding carboxylic acids is 1. The first-order valence-corrected chi connectivity index (χ1v) is 7.94. The van der Waals surface area contributed by atoms with Crippen molar-refractivity contribution in [3.05, 3.63) is 54.7 Å². The van der Waals surface area contributed by atoms with Gasteiger partial charge in [0.1, 0.15) is 11.5 Å². The van der Waals surface area contributed by atoms with Gasteiger partial charge in [0.15, 0.2) is 5.82 Å². The van der Waals surface area contributed by atoms with Gasteiger partial charge in [0.2, 0.25) is 0 Å². The van der Waals surface area contributed by atoms with E-state index in [4.69, 9.17) is 4.74 Å². The summed E-state index contributed by atoms with van der Waals surface area (Å²) in [6.45, 7) is 6.82. The second kappa shape index (κ2) is 7.70. The summed E-state index contributed by atoms with van der Waals surface area (Å²) < 4.78 is 5.39. The molecule has 0 radical (unpaired) electrons. The zero-order valence-electron chi connectivity index (χ0n) is 13.4. The summed E-state index contributed by atoms with van der Waals surface area (Å²) in [6, 6.07) is 11.4. The van der Waals surface area contributed by atoms with E-state index in [2.05, 4.69) is 26.8 Å². The summed E-state index contributed by atoms with van der Waals surface area (Å²) in [5.41, 5.74) is 1.23. The number of anilines is 1. The molecule has 1 fully saturated rings. The largest absolute Gasteiger partial charge is 0.378 e. The first kappa shape index (κ1) is 16.1. The van der Waals surface area contributed by atoms with Gasteiger partial charge in [0.25, 0.3) is 5.91 Å². The van der Waals surface area contributed by atoms with Gasteiger partial charge in [-0.2, -0.15) is 0 Å². The number of morpholine rings is 1. The summed E-state index contributed by atoms with van der Waals surface area (Å²) in [4.78, 5) is 23.5. The Balaban J connectivity index is 1.98. The van der Waals surface area contributed by atoms with Crippen LogP contribution in [-0.4, -0.2) is 48.7 Å². The quantitative estimate of drug-likeness (QED) is 0.851. The molecule has 0 atom stereocenters. The van der Waals surface area contributed by atoms with Gasteiger partial charge in [0.05, 0.1) is 13.2 Å². The van der Waals surface area contributed by atoms with E-state index in [1.54, 1.807) is 12.1 Å². The minimum absolute atomic E-state index is 0.232. The topological polar surface area (TPSA) is 67.4 Å². The predicted octanol–water partition coefficient (Wildman–Crippen LogP) is 1.90. The number of nitrogens with zero attached hydrogens (tertiary/aromatic N) is 3. The van der Waals surface area contributed by atoms with E-state index in [-0.39, 0.29) is 5.91 Å². The molecule has 1 aliphatic rings. The Hall–Kier alpha value is -2.73. The zero-order chi connectivity index (χ0) is 16.8. The Morgan fingerprint density at radius 3 is 2.71 bits per heavy atom. The molecule has 0 spiro atoms. The Labute approximate surface area is 141 Å². The second-order valence-corrected chi connectivity index (χ2v) is 5.40. The molecule has 1 amide bonds. The van der Waals surface area contributed by atoms with Crippen molar-refractivity contribution >= 4 is 11.7 Å². The number of aromatic nitrogens is 2. The van der Waals surface area contributed by atoms with Crippen molar-refractivity contribution in [2.24, 2.45) is 0 Å². The zero-order valence-corrected chi connectivity index (χ0v) is 13.4. The molecule has 124 valence electrons. The first-order valence-electron chi connectivity index (χ1n) is 7.94. The summed E-state index contributed by atoms with van der Waals surface area (Å²) in [7, 11) is 0. The van der Waals surface area contributed by atoms with Crippen molar-refractivity contribution in [2.75, 3.05) is 37.7 Å². The van der Waals surface area contributed by atoms with Crippen LogP contribution in [0.15, 0.2) is 49.1 Å². The molecule has 0 saturated carbocycles. The van der Waals surface area contributed by atoms with Crippen LogP contribution in [-0.2, 0) is 4.74 Å². The van der Waals surface area contributed by atoms with Crippen molar-refractivity contribution in [2.45, 2.75) is 0 Å². The SMILES string of the molecule is C=CCNC(=O)c1cc(N2CCOCC2)nc(-c2ccccc2)n1. The molecule has 2 aromatic rings. The van der Waals surface area contributed by atoms with E-state index in [1.165, 1.54) is 0 Å². The highest BCUT2D eigenvalue weighted by Crippen LogP contribution is 2.21. The number of hydrogen-bond acceptors (Lipinski definition) is 5. The number of amides is 1. The van der Waals surface area contributed by atoms with Crippen molar-refractivity contribution in [3.8, 4) is 11.4 Å². The third-order valence-electron chi connectivity index (χ3n) is 3.72. The fourth-order valence-electron chi connectivity index (χ4n) is 2.48. The molecule has 1 N–H and O–H groups in total. The highest BCUT2D eigenvalue weighted by Gasteiger charge is 2.18. The third kappa shape index (κ3) is 3.78. The fraction of sp³-hybridized carbons (Fsp3) is 0.278. The van der Waals surface area contributed by atoms with Crippen LogP contribution in [0.3, 0.4) is 0 Å². The summed E-state index contributed by atoms with van der Waals surface area (Å²) in [5, 5.41) is 2.77. The molecule has 3 rings (SSSR count). The number of nitrogens with one attached hydrogen (secondary N) is 1. The second-order valence-electron chi connectivity index (χ2n) is 5.40.